The van der Waals surface area contributed by atoms with Crippen molar-refractivity contribution in [1.29, 1.82) is 0 Å². The topological polar surface area (TPSA) is 64.3 Å². The Labute approximate surface area is 107 Å². The number of ether oxygens (including phenoxy) is 1. The Balaban J connectivity index is 0. The van der Waals surface area contributed by atoms with Gasteiger partial charge in [-0.3, -0.25) is 4.79 Å². The molecule has 0 radical (unpaired) electrons. The molecule has 0 saturated carbocycles. The fourth-order valence-corrected chi connectivity index (χ4v) is 0.970. The van der Waals surface area contributed by atoms with Crippen LogP contribution in [0.5, 0.6) is 0 Å². The summed E-state index contributed by atoms with van der Waals surface area (Å²) >= 11 is 0. The first-order valence-electron chi connectivity index (χ1n) is 5.44. The van der Waals surface area contributed by atoms with E-state index >= 15 is 0 Å². The van der Waals surface area contributed by atoms with E-state index in [1.54, 1.807) is 0 Å². The Bertz CT molecular complexity index is 207. The summed E-state index contributed by atoms with van der Waals surface area (Å²) in [5.41, 5.74) is 4.81. The van der Waals surface area contributed by atoms with Crippen molar-refractivity contribution in [3.8, 4) is 0 Å². The van der Waals surface area contributed by atoms with E-state index in [0.717, 1.165) is 19.3 Å². The molecule has 0 bridgehead atoms. The van der Waals surface area contributed by atoms with Crippen molar-refractivity contribution in [2.24, 2.45) is 5.73 Å². The lowest BCUT2D eigenvalue weighted by molar-refractivity contribution is -0.127. The van der Waals surface area contributed by atoms with Crippen LogP contribution in [-0.4, -0.2) is 38.1 Å². The summed E-state index contributed by atoms with van der Waals surface area (Å²) in [6.45, 7) is 0.853. The van der Waals surface area contributed by atoms with Gasteiger partial charge >= 0.3 is 0 Å². The maximum absolute atomic E-state index is 12.6. The zero-order chi connectivity index (χ0) is 12.4. The van der Waals surface area contributed by atoms with E-state index in [1.165, 1.54) is 0 Å². The van der Waals surface area contributed by atoms with E-state index in [1.807, 2.05) is 0 Å². The lowest BCUT2D eigenvalue weighted by atomic mass is 10.3. The van der Waals surface area contributed by atoms with Crippen LogP contribution < -0.4 is 11.1 Å². The summed E-state index contributed by atoms with van der Waals surface area (Å²) < 4.78 is 30.3. The summed E-state index contributed by atoms with van der Waals surface area (Å²) in [6, 6.07) is 0. The molecule has 0 unspecified atom stereocenters. The van der Waals surface area contributed by atoms with E-state index in [0.29, 0.717) is 6.61 Å². The molecule has 0 aliphatic heterocycles. The maximum atomic E-state index is 12.6. The SMILES string of the molecule is CCCCCOCC(=O)NCC(F)(F)CN.Cl. The number of unbranched alkanes of at least 4 members (excludes halogenated alkanes) is 2. The Hall–Kier alpha value is -0.460. The van der Waals surface area contributed by atoms with Gasteiger partial charge in [0.25, 0.3) is 5.92 Å². The van der Waals surface area contributed by atoms with Gasteiger partial charge in [0, 0.05) is 6.61 Å². The van der Waals surface area contributed by atoms with Gasteiger partial charge in [0.2, 0.25) is 5.91 Å². The lowest BCUT2D eigenvalue weighted by Crippen LogP contribution is -2.42. The molecule has 0 rings (SSSR count). The molecule has 1 amide bonds. The standard InChI is InChI=1S/C10H20F2N2O2.ClH/c1-2-3-4-5-16-6-9(15)14-8-10(11,12)7-13;/h2-8,13H2,1H3,(H,14,15);1H. The number of carbonyl (C=O) groups excluding carboxylic acids is 1. The van der Waals surface area contributed by atoms with E-state index in [9.17, 15) is 13.6 Å². The zero-order valence-corrected chi connectivity index (χ0v) is 10.8. The molecule has 0 heterocycles. The Morgan fingerprint density at radius 1 is 1.41 bits per heavy atom. The second-order valence-electron chi connectivity index (χ2n) is 3.60. The number of hydrogen-bond acceptors (Lipinski definition) is 3. The normalized spacial score (nSPS) is 10.8. The predicted molar refractivity (Wildman–Crippen MR) is 64.6 cm³/mol. The van der Waals surface area contributed by atoms with Crippen molar-refractivity contribution < 1.29 is 18.3 Å². The summed E-state index contributed by atoms with van der Waals surface area (Å²) in [5, 5.41) is 2.07. The van der Waals surface area contributed by atoms with E-state index in [-0.39, 0.29) is 19.0 Å². The quantitative estimate of drug-likeness (QED) is 0.624. The zero-order valence-electron chi connectivity index (χ0n) is 10.0. The highest BCUT2D eigenvalue weighted by Gasteiger charge is 2.26. The van der Waals surface area contributed by atoms with Gasteiger partial charge in [-0.05, 0) is 6.42 Å². The molecule has 0 aliphatic carbocycles. The van der Waals surface area contributed by atoms with Gasteiger partial charge in [-0.1, -0.05) is 19.8 Å². The first-order valence-corrected chi connectivity index (χ1v) is 5.44. The van der Waals surface area contributed by atoms with Crippen LogP contribution in [0.25, 0.3) is 0 Å². The summed E-state index contributed by atoms with van der Waals surface area (Å²) in [6.07, 6.45) is 2.98. The van der Waals surface area contributed by atoms with Crippen LogP contribution in [0, 0.1) is 0 Å². The molecule has 0 aromatic heterocycles. The first kappa shape index (κ1) is 18.9. The molecule has 3 N–H and O–H groups in total. The summed E-state index contributed by atoms with van der Waals surface area (Å²) in [7, 11) is 0. The van der Waals surface area contributed by atoms with Crippen LogP contribution in [0.15, 0.2) is 0 Å². The second kappa shape index (κ2) is 10.7. The summed E-state index contributed by atoms with van der Waals surface area (Å²) in [4.78, 5) is 11.0. The third-order valence-corrected chi connectivity index (χ3v) is 1.97. The number of hydrogen-bond donors (Lipinski definition) is 2. The minimum Gasteiger partial charge on any atom is -0.372 e. The largest absolute Gasteiger partial charge is 0.372 e. The van der Waals surface area contributed by atoms with Gasteiger partial charge < -0.3 is 15.8 Å². The number of carbonyl (C=O) groups is 1. The van der Waals surface area contributed by atoms with Crippen LogP contribution in [0.2, 0.25) is 0 Å². The average molecular weight is 275 g/mol. The maximum Gasteiger partial charge on any atom is 0.277 e. The van der Waals surface area contributed by atoms with Crippen molar-refractivity contribution in [2.45, 2.75) is 32.1 Å². The van der Waals surface area contributed by atoms with Crippen molar-refractivity contribution >= 4 is 18.3 Å². The van der Waals surface area contributed by atoms with Gasteiger partial charge in [0.1, 0.15) is 6.61 Å². The third kappa shape index (κ3) is 11.8. The van der Waals surface area contributed by atoms with Crippen LogP contribution in [0.3, 0.4) is 0 Å². The van der Waals surface area contributed by atoms with Gasteiger partial charge in [-0.15, -0.1) is 12.4 Å². The molecular weight excluding hydrogens is 254 g/mol. The molecule has 0 aromatic rings. The van der Waals surface area contributed by atoms with Crippen LogP contribution >= 0.6 is 12.4 Å². The number of halogens is 3. The summed E-state index contributed by atoms with van der Waals surface area (Å²) in [5.74, 6) is -3.58. The van der Waals surface area contributed by atoms with Crippen LogP contribution in [-0.2, 0) is 9.53 Å². The van der Waals surface area contributed by atoms with Crippen molar-refractivity contribution in [2.75, 3.05) is 26.3 Å². The van der Waals surface area contributed by atoms with Crippen molar-refractivity contribution in [3.63, 3.8) is 0 Å². The molecule has 0 saturated heterocycles. The van der Waals surface area contributed by atoms with E-state index in [2.05, 4.69) is 12.2 Å². The molecule has 0 aliphatic rings. The average Bonchev–Trinajstić information content (AvgIpc) is 2.26. The monoisotopic (exact) mass is 274 g/mol. The Morgan fingerprint density at radius 3 is 2.59 bits per heavy atom. The molecule has 104 valence electrons. The lowest BCUT2D eigenvalue weighted by Gasteiger charge is -2.14. The number of amides is 1. The van der Waals surface area contributed by atoms with E-state index in [4.69, 9.17) is 10.5 Å². The van der Waals surface area contributed by atoms with Gasteiger partial charge in [0.15, 0.2) is 0 Å². The first-order chi connectivity index (χ1) is 7.52. The Kier molecular flexibility index (Phi) is 11.9. The molecule has 0 fully saturated rings. The molecule has 17 heavy (non-hydrogen) atoms. The second-order valence-corrected chi connectivity index (χ2v) is 3.60. The highest BCUT2D eigenvalue weighted by molar-refractivity contribution is 5.85. The fourth-order valence-electron chi connectivity index (χ4n) is 0.970. The molecule has 0 atom stereocenters. The Morgan fingerprint density at radius 2 is 2.06 bits per heavy atom. The van der Waals surface area contributed by atoms with Crippen molar-refractivity contribution in [1.82, 2.24) is 5.32 Å². The molecule has 7 heteroatoms. The number of alkyl halides is 2. The highest BCUT2D eigenvalue weighted by atomic mass is 35.5. The predicted octanol–water partition coefficient (Wildman–Crippen LogP) is 1.33. The molecular formula is C10H21ClF2N2O2. The van der Waals surface area contributed by atoms with Crippen molar-refractivity contribution in [3.05, 3.63) is 0 Å². The highest BCUT2D eigenvalue weighted by Crippen LogP contribution is 2.08. The van der Waals surface area contributed by atoms with Gasteiger partial charge in [-0.25, -0.2) is 8.78 Å². The van der Waals surface area contributed by atoms with E-state index < -0.39 is 24.9 Å². The fraction of sp³-hybridized carbons (Fsp3) is 0.900. The number of nitrogens with one attached hydrogen (secondary N) is 1. The van der Waals surface area contributed by atoms with Crippen LogP contribution in [0.4, 0.5) is 8.78 Å². The molecule has 4 nitrogen and oxygen atoms in total. The van der Waals surface area contributed by atoms with Gasteiger partial charge in [-0.2, -0.15) is 0 Å². The number of nitrogens with two attached hydrogens (primary N) is 1. The number of rotatable bonds is 9. The molecule has 0 aromatic carbocycles. The van der Waals surface area contributed by atoms with Gasteiger partial charge in [0.05, 0.1) is 13.1 Å². The minimum absolute atomic E-state index is 0. The molecule has 0 spiro atoms. The smallest absolute Gasteiger partial charge is 0.277 e. The third-order valence-electron chi connectivity index (χ3n) is 1.97. The minimum atomic E-state index is -3.04. The van der Waals surface area contributed by atoms with Crippen LogP contribution in [0.1, 0.15) is 26.2 Å².